The van der Waals surface area contributed by atoms with Crippen LogP contribution in [0.2, 0.25) is 0 Å². The van der Waals surface area contributed by atoms with Gasteiger partial charge in [-0.25, -0.2) is 4.79 Å². The van der Waals surface area contributed by atoms with Crippen LogP contribution in [0.3, 0.4) is 0 Å². The summed E-state index contributed by atoms with van der Waals surface area (Å²) in [6.07, 6.45) is 7.09. The molecule has 0 radical (unpaired) electrons. The lowest BCUT2D eigenvalue weighted by atomic mass is 9.70. The van der Waals surface area contributed by atoms with Crippen LogP contribution in [0.15, 0.2) is 0 Å². The maximum Gasteiger partial charge on any atom is 0.315 e. The van der Waals surface area contributed by atoms with Gasteiger partial charge in [0, 0.05) is 32.5 Å². The van der Waals surface area contributed by atoms with Gasteiger partial charge in [0.25, 0.3) is 5.91 Å². The number of unbranched alkanes of at least 4 members (excludes halogenated alkanes) is 1. The van der Waals surface area contributed by atoms with Crippen LogP contribution in [0, 0.1) is 33.5 Å². The fourth-order valence-electron chi connectivity index (χ4n) is 9.04. The van der Waals surface area contributed by atoms with Crippen LogP contribution in [0.5, 0.6) is 0 Å². The summed E-state index contributed by atoms with van der Waals surface area (Å²) in [6, 6.07) is -4.01. The van der Waals surface area contributed by atoms with E-state index >= 15 is 0 Å². The monoisotopic (exact) mass is 757 g/mol. The highest BCUT2D eigenvalue weighted by Gasteiger charge is 2.70. The molecule has 0 aromatic heterocycles. The molecule has 7 amide bonds. The molecule has 2 aliphatic carbocycles. The van der Waals surface area contributed by atoms with E-state index in [1.54, 1.807) is 4.90 Å². The average molecular weight is 757 g/mol. The van der Waals surface area contributed by atoms with E-state index in [0.717, 1.165) is 25.7 Å². The number of imide groups is 1. The van der Waals surface area contributed by atoms with Crippen molar-refractivity contribution >= 4 is 41.4 Å². The normalized spacial score (nSPS) is 25.9. The number of urea groups is 1. The van der Waals surface area contributed by atoms with Crippen LogP contribution in [-0.4, -0.2) is 95.0 Å². The summed E-state index contributed by atoms with van der Waals surface area (Å²) < 4.78 is 0. The molecule has 2 saturated carbocycles. The highest BCUT2D eigenvalue weighted by molar-refractivity contribution is 6.38. The number of carbonyl (C=O) groups excluding carboxylic acids is 7. The molecule has 13 nitrogen and oxygen atoms in total. The number of amides is 7. The minimum atomic E-state index is -1.01. The van der Waals surface area contributed by atoms with E-state index in [0.29, 0.717) is 45.2 Å². The third kappa shape index (κ3) is 9.64. The lowest BCUT2D eigenvalue weighted by Gasteiger charge is -2.44. The van der Waals surface area contributed by atoms with Gasteiger partial charge in [-0.3, -0.25) is 33.7 Å². The smallest absolute Gasteiger partial charge is 0.315 e. The van der Waals surface area contributed by atoms with E-state index in [2.05, 4.69) is 35.1 Å². The van der Waals surface area contributed by atoms with Gasteiger partial charge in [-0.1, -0.05) is 101 Å². The predicted octanol–water partition coefficient (Wildman–Crippen LogP) is 4.47. The van der Waals surface area contributed by atoms with Gasteiger partial charge in [0.1, 0.15) is 12.1 Å². The lowest BCUT2D eigenvalue weighted by molar-refractivity contribution is -0.153. The second-order valence-electron chi connectivity index (χ2n) is 19.3. The molecule has 0 aromatic carbocycles. The fraction of sp³-hybridized carbons (Fsp3) is 0.829. The molecule has 0 spiro atoms. The van der Waals surface area contributed by atoms with Gasteiger partial charge in [0.15, 0.2) is 0 Å². The van der Waals surface area contributed by atoms with Crippen molar-refractivity contribution in [1.29, 1.82) is 0 Å². The predicted molar refractivity (Wildman–Crippen MR) is 206 cm³/mol. The van der Waals surface area contributed by atoms with E-state index in [4.69, 9.17) is 0 Å². The maximum absolute atomic E-state index is 14.9. The van der Waals surface area contributed by atoms with Crippen molar-refractivity contribution in [3.8, 4) is 0 Å². The molecular weight excluding hydrogens is 688 g/mol. The standard InChI is InChI=1S/C41H68N6O7/c1-11-13-17-26(32(50)35(52)42-20-12-2)43-34(51)31-30-25(40(30,8)9)23-47(31)36(53)33(41(10)18-15-14-16-19-41)45-37(54)44-27(38(3,4)5)24-46-28(48)21-39(6,7)22-29(46)49/h25-27,30-31,33H,11-24H2,1-10H3,(H,42,52)(H,43,51)(H2,44,45,54)/t25-,26?,27+,30-,31-,33+/m0/s1. The molecule has 13 heteroatoms. The Morgan fingerprint density at radius 1 is 0.852 bits per heavy atom. The molecule has 304 valence electrons. The summed E-state index contributed by atoms with van der Waals surface area (Å²) in [5.41, 5.74) is -1.75. The average Bonchev–Trinajstić information content (AvgIpc) is 3.37. The molecule has 4 fully saturated rings. The van der Waals surface area contributed by atoms with Crippen molar-refractivity contribution in [2.75, 3.05) is 19.6 Å². The molecule has 0 bridgehead atoms. The van der Waals surface area contributed by atoms with E-state index in [1.807, 2.05) is 55.4 Å². The van der Waals surface area contributed by atoms with Crippen LogP contribution in [-0.2, 0) is 28.8 Å². The summed E-state index contributed by atoms with van der Waals surface area (Å²) in [4.78, 5) is 98.2. The summed E-state index contributed by atoms with van der Waals surface area (Å²) in [6.45, 7) is 20.3. The quantitative estimate of drug-likeness (QED) is 0.141. The Bertz CT molecular complexity index is 1440. The molecule has 2 heterocycles. The maximum atomic E-state index is 14.9. The first-order valence-corrected chi connectivity index (χ1v) is 20.4. The minimum Gasteiger partial charge on any atom is -0.349 e. The number of nitrogens with one attached hydrogen (secondary N) is 4. The number of rotatable bonds is 15. The highest BCUT2D eigenvalue weighted by atomic mass is 16.2. The molecule has 1 unspecified atom stereocenters. The van der Waals surface area contributed by atoms with Crippen LogP contribution in [0.4, 0.5) is 4.79 Å². The highest BCUT2D eigenvalue weighted by Crippen LogP contribution is 2.65. The van der Waals surface area contributed by atoms with Gasteiger partial charge < -0.3 is 26.2 Å². The van der Waals surface area contributed by atoms with E-state index in [9.17, 15) is 33.6 Å². The first-order chi connectivity index (χ1) is 25.1. The zero-order valence-corrected chi connectivity index (χ0v) is 34.6. The van der Waals surface area contributed by atoms with Crippen molar-refractivity contribution in [2.24, 2.45) is 33.5 Å². The Kier molecular flexibility index (Phi) is 13.4. The largest absolute Gasteiger partial charge is 0.349 e. The van der Waals surface area contributed by atoms with E-state index in [1.165, 1.54) is 4.90 Å². The topological polar surface area (TPSA) is 174 Å². The summed E-state index contributed by atoms with van der Waals surface area (Å²) in [7, 11) is 0. The Morgan fingerprint density at radius 3 is 2.02 bits per heavy atom. The molecular formula is C41H68N6O7. The number of nitrogens with zero attached hydrogens (tertiary/aromatic N) is 2. The van der Waals surface area contributed by atoms with E-state index in [-0.39, 0.29) is 54.4 Å². The van der Waals surface area contributed by atoms with Gasteiger partial charge in [0.05, 0.1) is 12.1 Å². The molecule has 4 aliphatic rings. The van der Waals surface area contributed by atoms with Gasteiger partial charge in [0.2, 0.25) is 29.4 Å². The summed E-state index contributed by atoms with van der Waals surface area (Å²) >= 11 is 0. The first kappa shape index (κ1) is 43.2. The minimum absolute atomic E-state index is 0.0156. The SMILES string of the molecule is CCCCC(NC(=O)[C@@H]1[C@@H]2[C@H](CN1C(=O)[C@@H](NC(=O)N[C@H](CN1C(=O)CC(C)(C)CC1=O)C(C)(C)C)C1(C)CCCCC1)C2(C)C)C(=O)C(=O)NCCC. The molecule has 2 aliphatic heterocycles. The molecule has 4 rings (SSSR count). The molecule has 54 heavy (non-hydrogen) atoms. The second kappa shape index (κ2) is 16.7. The number of ketones is 1. The van der Waals surface area contributed by atoms with Crippen molar-refractivity contribution in [1.82, 2.24) is 31.1 Å². The lowest BCUT2D eigenvalue weighted by Crippen LogP contribution is -2.64. The van der Waals surface area contributed by atoms with Crippen molar-refractivity contribution in [3.05, 3.63) is 0 Å². The Labute approximate surface area is 322 Å². The van der Waals surface area contributed by atoms with Gasteiger partial charge in [-0.2, -0.15) is 0 Å². The van der Waals surface area contributed by atoms with Gasteiger partial charge >= 0.3 is 6.03 Å². The van der Waals surface area contributed by atoms with Crippen LogP contribution < -0.4 is 21.3 Å². The third-order valence-electron chi connectivity index (χ3n) is 12.8. The van der Waals surface area contributed by atoms with Crippen molar-refractivity contribution in [2.45, 2.75) is 164 Å². The summed E-state index contributed by atoms with van der Waals surface area (Å²) in [5, 5.41) is 11.6. The van der Waals surface area contributed by atoms with Crippen LogP contribution >= 0.6 is 0 Å². The molecule has 0 aromatic rings. The number of piperidine rings is 2. The first-order valence-electron chi connectivity index (χ1n) is 20.4. The van der Waals surface area contributed by atoms with Crippen molar-refractivity contribution in [3.63, 3.8) is 0 Å². The van der Waals surface area contributed by atoms with Gasteiger partial charge in [-0.15, -0.1) is 0 Å². The zero-order chi connectivity index (χ0) is 40.4. The number of hydrogen-bond acceptors (Lipinski definition) is 7. The Morgan fingerprint density at radius 2 is 1.46 bits per heavy atom. The number of hydrogen-bond donors (Lipinski definition) is 4. The number of fused-ring (bicyclic) bond motifs is 1. The van der Waals surface area contributed by atoms with Crippen LogP contribution in [0.1, 0.15) is 140 Å². The number of carbonyl (C=O) groups is 7. The Hall–Kier alpha value is -3.51. The molecule has 2 saturated heterocycles. The third-order valence-corrected chi connectivity index (χ3v) is 12.8. The fourth-order valence-corrected chi connectivity index (χ4v) is 9.04. The number of likely N-dealkylation sites (tertiary alicyclic amines) is 2. The Balaban J connectivity index is 1.59. The van der Waals surface area contributed by atoms with Gasteiger partial charge in [-0.05, 0) is 59.2 Å². The van der Waals surface area contributed by atoms with Crippen molar-refractivity contribution < 1.29 is 33.6 Å². The van der Waals surface area contributed by atoms with E-state index < -0.39 is 64.0 Å². The molecule has 6 atom stereocenters. The number of Topliss-reactive ketones (excluding diaryl/α,β-unsaturated/α-hetero) is 1. The summed E-state index contributed by atoms with van der Waals surface area (Å²) in [5.74, 6) is -2.82. The zero-order valence-electron chi connectivity index (χ0n) is 34.6. The van der Waals surface area contributed by atoms with Crippen LogP contribution in [0.25, 0.3) is 0 Å². The molecule has 4 N–H and O–H groups in total. The second-order valence-corrected chi connectivity index (χ2v) is 19.3.